The number of rotatable bonds is 7. The number of aryl methyl sites for hydroxylation is 2. The number of fused-ring (bicyclic) bond motifs is 1. The summed E-state index contributed by atoms with van der Waals surface area (Å²) in [5.74, 6) is 2.36. The molecule has 0 aliphatic carbocycles. The van der Waals surface area contributed by atoms with Crippen molar-refractivity contribution in [2.24, 2.45) is 0 Å². The van der Waals surface area contributed by atoms with Crippen molar-refractivity contribution in [3.05, 3.63) is 81.2 Å². The second-order valence-electron chi connectivity index (χ2n) is 7.36. The first-order valence-corrected chi connectivity index (χ1v) is 12.0. The van der Waals surface area contributed by atoms with Crippen LogP contribution in [0.25, 0.3) is 10.2 Å². The third-order valence-electron chi connectivity index (χ3n) is 5.03. The maximum atomic E-state index is 12.6. The van der Waals surface area contributed by atoms with Gasteiger partial charge in [-0.2, -0.15) is 0 Å². The first-order valence-electron chi connectivity index (χ1n) is 10.1. The van der Waals surface area contributed by atoms with Crippen LogP contribution in [0.5, 0.6) is 11.5 Å². The molecule has 0 saturated heterocycles. The van der Waals surface area contributed by atoms with Gasteiger partial charge in [-0.25, -0.2) is 4.98 Å². The number of amides is 1. The molecular formula is C24H23N3O3S2. The molecule has 1 atom stereocenters. The van der Waals surface area contributed by atoms with Crippen LogP contribution < -0.4 is 15.6 Å². The molecule has 2 heterocycles. The Morgan fingerprint density at radius 1 is 1.12 bits per heavy atom. The molecule has 2 N–H and O–H groups in total. The molecule has 0 spiro atoms. The predicted molar refractivity (Wildman–Crippen MR) is 132 cm³/mol. The highest BCUT2D eigenvalue weighted by atomic mass is 32.2. The molecule has 0 bridgehead atoms. The van der Waals surface area contributed by atoms with Gasteiger partial charge in [0.05, 0.1) is 16.4 Å². The summed E-state index contributed by atoms with van der Waals surface area (Å²) in [4.78, 5) is 34.3. The smallest absolute Gasteiger partial charge is 0.259 e. The van der Waals surface area contributed by atoms with Crippen LogP contribution in [-0.2, 0) is 10.5 Å². The van der Waals surface area contributed by atoms with Crippen LogP contribution in [0.15, 0.2) is 59.4 Å². The van der Waals surface area contributed by atoms with E-state index in [1.807, 2.05) is 75.4 Å². The summed E-state index contributed by atoms with van der Waals surface area (Å²) in [5.41, 5.74) is 1.55. The Kier molecular flexibility index (Phi) is 6.62. The largest absolute Gasteiger partial charge is 0.457 e. The number of hydrogen-bond donors (Lipinski definition) is 2. The summed E-state index contributed by atoms with van der Waals surface area (Å²) in [5, 5.41) is 3.26. The van der Waals surface area contributed by atoms with E-state index in [0.717, 1.165) is 21.0 Å². The highest BCUT2D eigenvalue weighted by Gasteiger charge is 2.16. The van der Waals surface area contributed by atoms with Gasteiger partial charge in [-0.05, 0) is 62.7 Å². The minimum Gasteiger partial charge on any atom is -0.457 e. The average molecular weight is 466 g/mol. The SMILES string of the molecule is Cc1sc2nc(CSC(C)C(=O)Nc3ccc(Oc4ccccc4)cc3)[nH]c(=O)c2c1C. The van der Waals surface area contributed by atoms with Gasteiger partial charge in [-0.3, -0.25) is 9.59 Å². The second-order valence-corrected chi connectivity index (χ2v) is 9.89. The van der Waals surface area contributed by atoms with E-state index < -0.39 is 0 Å². The lowest BCUT2D eigenvalue weighted by atomic mass is 10.2. The maximum absolute atomic E-state index is 12.6. The number of aromatic amines is 1. The van der Waals surface area contributed by atoms with E-state index in [2.05, 4.69) is 15.3 Å². The molecule has 0 radical (unpaired) electrons. The third kappa shape index (κ3) is 5.03. The number of ether oxygens (including phenoxy) is 1. The van der Waals surface area contributed by atoms with Crippen LogP contribution >= 0.6 is 23.1 Å². The summed E-state index contributed by atoms with van der Waals surface area (Å²) < 4.78 is 5.77. The van der Waals surface area contributed by atoms with E-state index in [1.54, 1.807) is 0 Å². The Hall–Kier alpha value is -3.10. The van der Waals surface area contributed by atoms with Gasteiger partial charge in [0.1, 0.15) is 22.2 Å². The van der Waals surface area contributed by atoms with E-state index in [1.165, 1.54) is 23.1 Å². The zero-order valence-corrected chi connectivity index (χ0v) is 19.6. The number of thioether (sulfide) groups is 1. The molecule has 164 valence electrons. The molecule has 0 aliphatic heterocycles. The molecule has 6 nitrogen and oxygen atoms in total. The van der Waals surface area contributed by atoms with Crippen molar-refractivity contribution in [1.29, 1.82) is 0 Å². The number of nitrogens with one attached hydrogen (secondary N) is 2. The standard InChI is InChI=1S/C24H23N3O3S2/c1-14-15(2)32-24-21(14)23(29)26-20(27-24)13-31-16(3)22(28)25-17-9-11-19(12-10-17)30-18-7-5-4-6-8-18/h4-12,16H,13H2,1-3H3,(H,25,28)(H,26,27,29). The third-order valence-corrected chi connectivity index (χ3v) is 7.28. The fourth-order valence-electron chi connectivity index (χ4n) is 3.12. The normalized spacial score (nSPS) is 12.0. The van der Waals surface area contributed by atoms with Crippen LogP contribution in [0.3, 0.4) is 0 Å². The van der Waals surface area contributed by atoms with Crippen LogP contribution in [0.4, 0.5) is 5.69 Å². The summed E-state index contributed by atoms with van der Waals surface area (Å²) in [6, 6.07) is 16.8. The molecule has 4 aromatic rings. The number of nitrogens with zero attached hydrogens (tertiary/aromatic N) is 1. The number of carbonyl (C=O) groups is 1. The molecule has 1 unspecified atom stereocenters. The molecule has 2 aromatic heterocycles. The Labute approximate surface area is 194 Å². The number of para-hydroxylation sites is 1. The van der Waals surface area contributed by atoms with Gasteiger partial charge in [0, 0.05) is 10.6 Å². The fourth-order valence-corrected chi connectivity index (χ4v) is 4.93. The lowest BCUT2D eigenvalue weighted by Crippen LogP contribution is -2.23. The Morgan fingerprint density at radius 3 is 2.53 bits per heavy atom. The molecule has 32 heavy (non-hydrogen) atoms. The van der Waals surface area contributed by atoms with Crippen LogP contribution in [0.1, 0.15) is 23.2 Å². The summed E-state index contributed by atoms with van der Waals surface area (Å²) in [6.45, 7) is 5.76. The number of benzene rings is 2. The maximum Gasteiger partial charge on any atom is 0.259 e. The Balaban J connectivity index is 1.34. The van der Waals surface area contributed by atoms with Gasteiger partial charge in [0.15, 0.2) is 0 Å². The molecule has 1 amide bonds. The molecule has 0 fully saturated rings. The van der Waals surface area contributed by atoms with E-state index >= 15 is 0 Å². The molecule has 4 rings (SSSR count). The Bertz CT molecular complexity index is 1300. The van der Waals surface area contributed by atoms with E-state index in [4.69, 9.17) is 4.74 Å². The van der Waals surface area contributed by atoms with Crippen molar-refractivity contribution in [3.63, 3.8) is 0 Å². The van der Waals surface area contributed by atoms with Gasteiger partial charge in [0.25, 0.3) is 5.56 Å². The number of thiophene rings is 1. The van der Waals surface area contributed by atoms with Gasteiger partial charge in [-0.1, -0.05) is 18.2 Å². The van der Waals surface area contributed by atoms with Crippen molar-refractivity contribution in [2.75, 3.05) is 5.32 Å². The van der Waals surface area contributed by atoms with Gasteiger partial charge >= 0.3 is 0 Å². The van der Waals surface area contributed by atoms with Crippen LogP contribution in [0.2, 0.25) is 0 Å². The Morgan fingerprint density at radius 2 is 1.81 bits per heavy atom. The van der Waals surface area contributed by atoms with Crippen LogP contribution in [0, 0.1) is 13.8 Å². The van der Waals surface area contributed by atoms with Crippen molar-refractivity contribution in [2.45, 2.75) is 31.8 Å². The van der Waals surface area contributed by atoms with Crippen molar-refractivity contribution in [1.82, 2.24) is 9.97 Å². The molecule has 8 heteroatoms. The van der Waals surface area contributed by atoms with Gasteiger partial charge < -0.3 is 15.0 Å². The quantitative estimate of drug-likeness (QED) is 0.368. The van der Waals surface area contributed by atoms with E-state index in [0.29, 0.717) is 28.4 Å². The highest BCUT2D eigenvalue weighted by Crippen LogP contribution is 2.27. The summed E-state index contributed by atoms with van der Waals surface area (Å²) >= 11 is 2.95. The van der Waals surface area contributed by atoms with E-state index in [9.17, 15) is 9.59 Å². The number of aromatic nitrogens is 2. The highest BCUT2D eigenvalue weighted by molar-refractivity contribution is 7.99. The second kappa shape index (κ2) is 9.58. The zero-order chi connectivity index (χ0) is 22.7. The van der Waals surface area contributed by atoms with Gasteiger partial charge in [-0.15, -0.1) is 23.1 Å². The van der Waals surface area contributed by atoms with Gasteiger partial charge in [0.2, 0.25) is 5.91 Å². The van der Waals surface area contributed by atoms with E-state index in [-0.39, 0.29) is 16.7 Å². The van der Waals surface area contributed by atoms with Crippen LogP contribution in [-0.4, -0.2) is 21.1 Å². The minimum absolute atomic E-state index is 0.113. The lowest BCUT2D eigenvalue weighted by molar-refractivity contribution is -0.115. The average Bonchev–Trinajstić information content (AvgIpc) is 3.07. The lowest BCUT2D eigenvalue weighted by Gasteiger charge is -2.12. The molecule has 0 saturated carbocycles. The van der Waals surface area contributed by atoms with Crippen molar-refractivity contribution in [3.8, 4) is 11.5 Å². The number of hydrogen-bond acceptors (Lipinski definition) is 6. The first-order chi connectivity index (χ1) is 15.4. The molecular weight excluding hydrogens is 442 g/mol. The van der Waals surface area contributed by atoms with Crippen molar-refractivity contribution < 1.29 is 9.53 Å². The first kappa shape index (κ1) is 22.1. The molecule has 2 aromatic carbocycles. The monoisotopic (exact) mass is 465 g/mol. The predicted octanol–water partition coefficient (Wildman–Crippen LogP) is 5.65. The topological polar surface area (TPSA) is 84.1 Å². The summed E-state index contributed by atoms with van der Waals surface area (Å²) in [7, 11) is 0. The fraction of sp³-hybridized carbons (Fsp3) is 0.208. The van der Waals surface area contributed by atoms with Crippen molar-refractivity contribution >= 4 is 44.9 Å². The number of anilines is 1. The number of H-pyrrole nitrogens is 1. The number of carbonyl (C=O) groups excluding carboxylic acids is 1. The molecule has 0 aliphatic rings. The summed E-state index contributed by atoms with van der Waals surface area (Å²) in [6.07, 6.45) is 0. The zero-order valence-electron chi connectivity index (χ0n) is 18.0. The minimum atomic E-state index is -0.317.